The first-order valence-corrected chi connectivity index (χ1v) is 4.88. The Morgan fingerprint density at radius 1 is 1.42 bits per heavy atom. The number of hydrogen-bond donors (Lipinski definition) is 2. The molecule has 1 aromatic rings. The summed E-state index contributed by atoms with van der Waals surface area (Å²) in [6.07, 6.45) is 0. The molecule has 3 heteroatoms. The fraction of sp³-hybridized carbons (Fsp3) is 0.222. The molecule has 0 heterocycles. The van der Waals surface area contributed by atoms with Crippen molar-refractivity contribution in [3.05, 3.63) is 30.3 Å². The molecule has 0 radical (unpaired) electrons. The summed E-state index contributed by atoms with van der Waals surface area (Å²) in [5.41, 5.74) is 6.72. The van der Waals surface area contributed by atoms with Crippen LogP contribution in [-0.4, -0.2) is 10.9 Å². The van der Waals surface area contributed by atoms with Gasteiger partial charge in [0.15, 0.2) is 0 Å². The van der Waals surface area contributed by atoms with Crippen LogP contribution in [0.25, 0.3) is 0 Å². The number of hydrogen-bond acceptors (Lipinski definition) is 1. The lowest BCUT2D eigenvalue weighted by Crippen LogP contribution is -2.68. The van der Waals surface area contributed by atoms with E-state index in [4.69, 9.17) is 5.73 Å². The van der Waals surface area contributed by atoms with Crippen molar-refractivity contribution in [3.8, 4) is 0 Å². The van der Waals surface area contributed by atoms with Crippen LogP contribution >= 0.6 is 11.8 Å². The largest absolute Gasteiger partial charge is 0.307 e. The van der Waals surface area contributed by atoms with Gasteiger partial charge < -0.3 is 0 Å². The number of benzene rings is 1. The van der Waals surface area contributed by atoms with Crippen LogP contribution < -0.4 is 10.7 Å². The van der Waals surface area contributed by atoms with E-state index in [1.54, 1.807) is 11.8 Å². The van der Waals surface area contributed by atoms with Gasteiger partial charge in [0.1, 0.15) is 5.69 Å². The summed E-state index contributed by atoms with van der Waals surface area (Å²) in [4.78, 5) is 3.10. The first kappa shape index (κ1) is 9.13. The molecule has 0 aliphatic rings. The Kier molecular flexibility index (Phi) is 3.67. The third kappa shape index (κ3) is 2.96. The molecule has 0 fully saturated rings. The third-order valence-corrected chi connectivity index (χ3v) is 2.04. The van der Waals surface area contributed by atoms with Gasteiger partial charge in [0.2, 0.25) is 0 Å². The Labute approximate surface area is 76.9 Å². The van der Waals surface area contributed by atoms with Gasteiger partial charge in [-0.1, -0.05) is 25.1 Å². The lowest BCUT2D eigenvalue weighted by molar-refractivity contribution is -0.351. The summed E-state index contributed by atoms with van der Waals surface area (Å²) in [5.74, 6) is 0.992. The van der Waals surface area contributed by atoms with Gasteiger partial charge in [0.05, 0.1) is 0 Å². The van der Waals surface area contributed by atoms with E-state index in [9.17, 15) is 0 Å². The number of rotatable bonds is 2. The molecular formula is C9H13N2S+. The van der Waals surface area contributed by atoms with Crippen LogP contribution in [-0.2, 0) is 0 Å². The minimum absolute atomic E-state index is 0.753. The molecule has 0 spiro atoms. The molecule has 1 rings (SSSR count). The second kappa shape index (κ2) is 4.83. The van der Waals surface area contributed by atoms with E-state index in [0.29, 0.717) is 0 Å². The van der Waals surface area contributed by atoms with Crippen LogP contribution in [0.15, 0.2) is 30.3 Å². The molecule has 0 saturated heterocycles. The van der Waals surface area contributed by atoms with Gasteiger partial charge in [-0.05, 0) is 23.9 Å². The SMILES string of the molecule is CCSC(N)=[NH+]c1ccccc1. The Balaban J connectivity index is 2.67. The second-order valence-electron chi connectivity index (χ2n) is 2.29. The van der Waals surface area contributed by atoms with E-state index in [1.165, 1.54) is 0 Å². The highest BCUT2D eigenvalue weighted by atomic mass is 32.2. The van der Waals surface area contributed by atoms with Crippen molar-refractivity contribution in [1.29, 1.82) is 0 Å². The zero-order valence-electron chi connectivity index (χ0n) is 7.08. The molecule has 64 valence electrons. The van der Waals surface area contributed by atoms with Crippen LogP contribution in [0.1, 0.15) is 6.92 Å². The van der Waals surface area contributed by atoms with Crippen molar-refractivity contribution >= 4 is 22.6 Å². The summed E-state index contributed by atoms with van der Waals surface area (Å²) in [7, 11) is 0. The predicted molar refractivity (Wildman–Crippen MR) is 54.4 cm³/mol. The molecule has 0 aromatic heterocycles. The standard InChI is InChI=1S/C9H12N2S/c1-2-12-9(10)11-8-6-4-3-5-7-8/h3-7H,2H2,1H3,(H2,10,11)/p+1. The van der Waals surface area contributed by atoms with E-state index in [0.717, 1.165) is 16.6 Å². The normalized spacial score (nSPS) is 11.6. The lowest BCUT2D eigenvalue weighted by atomic mass is 10.3. The highest BCUT2D eigenvalue weighted by Crippen LogP contribution is 1.97. The average molecular weight is 181 g/mol. The van der Waals surface area contributed by atoms with Crippen molar-refractivity contribution in [2.24, 2.45) is 5.73 Å². The van der Waals surface area contributed by atoms with Gasteiger partial charge in [-0.3, -0.25) is 5.73 Å². The van der Waals surface area contributed by atoms with Crippen LogP contribution in [0.5, 0.6) is 0 Å². The summed E-state index contributed by atoms with van der Waals surface area (Å²) < 4.78 is 0. The van der Waals surface area contributed by atoms with E-state index in [1.807, 2.05) is 30.3 Å². The fourth-order valence-corrected chi connectivity index (χ4v) is 1.36. The van der Waals surface area contributed by atoms with Crippen molar-refractivity contribution in [1.82, 2.24) is 0 Å². The van der Waals surface area contributed by atoms with Gasteiger partial charge >= 0.3 is 5.17 Å². The molecular weight excluding hydrogens is 168 g/mol. The van der Waals surface area contributed by atoms with Gasteiger partial charge in [-0.2, -0.15) is 0 Å². The summed E-state index contributed by atoms with van der Waals surface area (Å²) in [6.45, 7) is 2.07. The van der Waals surface area contributed by atoms with Crippen molar-refractivity contribution in [2.45, 2.75) is 6.92 Å². The Morgan fingerprint density at radius 3 is 2.67 bits per heavy atom. The molecule has 1 aromatic carbocycles. The van der Waals surface area contributed by atoms with Gasteiger partial charge in [0.25, 0.3) is 0 Å². The van der Waals surface area contributed by atoms with Crippen LogP contribution in [0, 0.1) is 0 Å². The number of amidine groups is 1. The molecule has 0 saturated carbocycles. The van der Waals surface area contributed by atoms with E-state index in [-0.39, 0.29) is 0 Å². The van der Waals surface area contributed by atoms with Gasteiger partial charge in [0, 0.05) is 5.75 Å². The monoisotopic (exact) mass is 181 g/mol. The summed E-state index contributed by atoms with van der Waals surface area (Å²) in [6, 6.07) is 9.92. The fourth-order valence-electron chi connectivity index (χ4n) is 0.855. The maximum absolute atomic E-state index is 5.68. The van der Waals surface area contributed by atoms with E-state index < -0.39 is 0 Å². The molecule has 0 bridgehead atoms. The number of nitrogens with one attached hydrogen (secondary N) is 1. The molecule has 0 unspecified atom stereocenters. The minimum Gasteiger partial charge on any atom is -0.281 e. The van der Waals surface area contributed by atoms with E-state index >= 15 is 0 Å². The predicted octanol–water partition coefficient (Wildman–Crippen LogP) is 0.466. The van der Waals surface area contributed by atoms with Crippen molar-refractivity contribution < 1.29 is 4.99 Å². The minimum atomic E-state index is 0.753. The Morgan fingerprint density at radius 2 is 2.08 bits per heavy atom. The van der Waals surface area contributed by atoms with Gasteiger partial charge in [-0.25, -0.2) is 4.99 Å². The molecule has 12 heavy (non-hydrogen) atoms. The molecule has 0 amide bonds. The summed E-state index contributed by atoms with van der Waals surface area (Å²) in [5, 5.41) is 0.753. The maximum Gasteiger partial charge on any atom is 0.307 e. The van der Waals surface area contributed by atoms with Crippen molar-refractivity contribution in [2.75, 3.05) is 5.75 Å². The molecule has 0 aliphatic heterocycles. The lowest BCUT2D eigenvalue weighted by Gasteiger charge is -1.91. The zero-order chi connectivity index (χ0) is 8.81. The Bertz CT molecular complexity index is 256. The van der Waals surface area contributed by atoms with Crippen LogP contribution in [0.3, 0.4) is 0 Å². The third-order valence-electron chi connectivity index (χ3n) is 1.34. The van der Waals surface area contributed by atoms with Crippen molar-refractivity contribution in [3.63, 3.8) is 0 Å². The van der Waals surface area contributed by atoms with E-state index in [2.05, 4.69) is 11.9 Å². The second-order valence-corrected chi connectivity index (χ2v) is 3.59. The molecule has 0 atom stereocenters. The molecule has 3 N–H and O–H groups in total. The summed E-state index contributed by atoms with van der Waals surface area (Å²) >= 11 is 1.61. The number of nitrogens with two attached hydrogens (primary N) is 1. The van der Waals surface area contributed by atoms with Crippen LogP contribution in [0.2, 0.25) is 0 Å². The molecule has 0 aliphatic carbocycles. The van der Waals surface area contributed by atoms with Crippen LogP contribution in [0.4, 0.5) is 5.69 Å². The topological polar surface area (TPSA) is 40.0 Å². The highest BCUT2D eigenvalue weighted by molar-refractivity contribution is 8.13. The first-order chi connectivity index (χ1) is 5.83. The highest BCUT2D eigenvalue weighted by Gasteiger charge is 1.97. The quantitative estimate of drug-likeness (QED) is 0.514. The average Bonchev–Trinajstić information content (AvgIpc) is 2.06. The smallest absolute Gasteiger partial charge is 0.281 e. The Hall–Kier alpha value is -0.960. The first-order valence-electron chi connectivity index (χ1n) is 3.90. The number of para-hydroxylation sites is 1. The molecule has 2 nitrogen and oxygen atoms in total. The van der Waals surface area contributed by atoms with Gasteiger partial charge in [-0.15, -0.1) is 0 Å². The maximum atomic E-state index is 5.68. The number of thioether (sulfide) groups is 1. The zero-order valence-corrected chi connectivity index (χ0v) is 7.90.